The lowest BCUT2D eigenvalue weighted by Crippen LogP contribution is -2.48. The van der Waals surface area contributed by atoms with Crippen molar-refractivity contribution in [3.05, 3.63) is 34.9 Å². The lowest BCUT2D eigenvalue weighted by atomic mass is 9.88. The average Bonchev–Trinajstić information content (AvgIpc) is 2.31. The number of ether oxygens (including phenoxy) is 1. The highest BCUT2D eigenvalue weighted by Crippen LogP contribution is 2.25. The van der Waals surface area contributed by atoms with Crippen molar-refractivity contribution in [3.63, 3.8) is 0 Å². The van der Waals surface area contributed by atoms with Gasteiger partial charge in [0.2, 0.25) is 0 Å². The summed E-state index contributed by atoms with van der Waals surface area (Å²) in [6, 6.07) is 8.90. The minimum atomic E-state index is -0.276. The van der Waals surface area contributed by atoms with E-state index in [1.54, 1.807) is 0 Å². The number of benzene rings is 1. The van der Waals surface area contributed by atoms with E-state index in [-0.39, 0.29) is 5.41 Å². The van der Waals surface area contributed by atoms with E-state index in [0.717, 1.165) is 19.5 Å². The fraction of sp³-hybridized carbons (Fsp3) is 0.533. The van der Waals surface area contributed by atoms with Crippen molar-refractivity contribution >= 4 is 0 Å². The molecule has 1 N–H and O–H groups in total. The first-order valence-electron chi connectivity index (χ1n) is 6.41. The van der Waals surface area contributed by atoms with Gasteiger partial charge in [-0.2, -0.15) is 5.26 Å². The number of hydrogen-bond acceptors (Lipinski definition) is 3. The second-order valence-corrected chi connectivity index (χ2v) is 5.24. The van der Waals surface area contributed by atoms with Gasteiger partial charge < -0.3 is 10.1 Å². The molecule has 0 spiro atoms. The lowest BCUT2D eigenvalue weighted by molar-refractivity contribution is -0.0752. The number of nitriles is 1. The van der Waals surface area contributed by atoms with Crippen molar-refractivity contribution in [1.82, 2.24) is 5.32 Å². The fourth-order valence-corrected chi connectivity index (χ4v) is 2.17. The number of rotatable bonds is 5. The van der Waals surface area contributed by atoms with Crippen LogP contribution in [0.2, 0.25) is 0 Å². The molecular formula is C15H20N2O. The Morgan fingerprint density at radius 2 is 2.17 bits per heavy atom. The summed E-state index contributed by atoms with van der Waals surface area (Å²) in [5.41, 5.74) is 3.75. The SMILES string of the molecule is Cc1ccc(C)c(CCNCC2(C#N)COC2)c1. The first-order valence-corrected chi connectivity index (χ1v) is 6.41. The van der Waals surface area contributed by atoms with E-state index in [4.69, 9.17) is 10.00 Å². The summed E-state index contributed by atoms with van der Waals surface area (Å²) in [6.07, 6.45) is 1.01. The summed E-state index contributed by atoms with van der Waals surface area (Å²) in [4.78, 5) is 0. The number of hydrogen-bond donors (Lipinski definition) is 1. The second-order valence-electron chi connectivity index (χ2n) is 5.24. The molecule has 2 rings (SSSR count). The van der Waals surface area contributed by atoms with Gasteiger partial charge in [0, 0.05) is 6.54 Å². The van der Waals surface area contributed by atoms with Crippen LogP contribution in [0.1, 0.15) is 16.7 Å². The smallest absolute Gasteiger partial charge is 0.116 e. The largest absolute Gasteiger partial charge is 0.378 e. The van der Waals surface area contributed by atoms with Crippen molar-refractivity contribution in [2.45, 2.75) is 20.3 Å². The van der Waals surface area contributed by atoms with E-state index in [2.05, 4.69) is 43.4 Å². The maximum atomic E-state index is 9.06. The third-order valence-electron chi connectivity index (χ3n) is 3.53. The van der Waals surface area contributed by atoms with E-state index in [9.17, 15) is 0 Å². The number of nitrogens with zero attached hydrogens (tertiary/aromatic N) is 1. The van der Waals surface area contributed by atoms with Gasteiger partial charge in [-0.1, -0.05) is 23.8 Å². The molecule has 3 nitrogen and oxygen atoms in total. The van der Waals surface area contributed by atoms with Gasteiger partial charge in [0.15, 0.2) is 0 Å². The van der Waals surface area contributed by atoms with Gasteiger partial charge in [0.1, 0.15) is 5.41 Å². The Morgan fingerprint density at radius 1 is 1.39 bits per heavy atom. The quantitative estimate of drug-likeness (QED) is 0.805. The molecular weight excluding hydrogens is 224 g/mol. The van der Waals surface area contributed by atoms with Gasteiger partial charge in [0.25, 0.3) is 0 Å². The molecule has 1 aliphatic heterocycles. The Labute approximate surface area is 109 Å². The van der Waals surface area contributed by atoms with Gasteiger partial charge in [-0.3, -0.25) is 0 Å². The highest BCUT2D eigenvalue weighted by atomic mass is 16.5. The fourth-order valence-electron chi connectivity index (χ4n) is 2.17. The van der Waals surface area contributed by atoms with Gasteiger partial charge in [-0.25, -0.2) is 0 Å². The van der Waals surface area contributed by atoms with E-state index < -0.39 is 0 Å². The molecule has 1 heterocycles. The standard InChI is InChI=1S/C15H20N2O/c1-12-3-4-13(2)14(7-12)5-6-17-9-15(8-16)10-18-11-15/h3-4,7,17H,5-6,9-11H2,1-2H3. The second kappa shape index (κ2) is 5.51. The van der Waals surface area contributed by atoms with Crippen LogP contribution in [0, 0.1) is 30.6 Å². The van der Waals surface area contributed by atoms with Crippen LogP contribution in [0.25, 0.3) is 0 Å². The molecule has 96 valence electrons. The molecule has 1 aromatic carbocycles. The van der Waals surface area contributed by atoms with Crippen LogP contribution >= 0.6 is 0 Å². The molecule has 1 saturated heterocycles. The minimum absolute atomic E-state index is 0.276. The van der Waals surface area contributed by atoms with Gasteiger partial charge in [-0.15, -0.1) is 0 Å². The monoisotopic (exact) mass is 244 g/mol. The molecule has 0 aromatic heterocycles. The molecule has 3 heteroatoms. The zero-order chi connectivity index (χ0) is 13.0. The van der Waals surface area contributed by atoms with Gasteiger partial charge >= 0.3 is 0 Å². The van der Waals surface area contributed by atoms with Crippen molar-refractivity contribution in [3.8, 4) is 6.07 Å². The Morgan fingerprint density at radius 3 is 2.78 bits per heavy atom. The molecule has 0 saturated carbocycles. The Hall–Kier alpha value is -1.37. The highest BCUT2D eigenvalue weighted by molar-refractivity contribution is 5.30. The van der Waals surface area contributed by atoms with Crippen LogP contribution in [0.3, 0.4) is 0 Å². The molecule has 18 heavy (non-hydrogen) atoms. The summed E-state index contributed by atoms with van der Waals surface area (Å²) in [5.74, 6) is 0. The van der Waals surface area contributed by atoms with Gasteiger partial charge in [-0.05, 0) is 37.9 Å². The van der Waals surface area contributed by atoms with Crippen molar-refractivity contribution < 1.29 is 4.74 Å². The van der Waals surface area contributed by atoms with Crippen LogP contribution in [0.4, 0.5) is 0 Å². The number of aryl methyl sites for hydroxylation is 2. The van der Waals surface area contributed by atoms with Crippen molar-refractivity contribution in [1.29, 1.82) is 5.26 Å². The molecule has 1 aliphatic rings. The van der Waals surface area contributed by atoms with Crippen LogP contribution in [-0.2, 0) is 11.2 Å². The van der Waals surface area contributed by atoms with Crippen molar-refractivity contribution in [2.75, 3.05) is 26.3 Å². The Bertz CT molecular complexity index is 458. The zero-order valence-corrected chi connectivity index (χ0v) is 11.1. The van der Waals surface area contributed by atoms with Gasteiger partial charge in [0.05, 0.1) is 19.3 Å². The van der Waals surface area contributed by atoms with Crippen LogP contribution in [-0.4, -0.2) is 26.3 Å². The average molecular weight is 244 g/mol. The minimum Gasteiger partial charge on any atom is -0.378 e. The summed E-state index contributed by atoms with van der Waals surface area (Å²) < 4.78 is 5.12. The predicted octanol–water partition coefficient (Wildman–Crippen LogP) is 1.98. The molecule has 0 bridgehead atoms. The third-order valence-corrected chi connectivity index (χ3v) is 3.53. The summed E-state index contributed by atoms with van der Waals surface area (Å²) in [6.45, 7) is 7.04. The maximum absolute atomic E-state index is 9.06. The van der Waals surface area contributed by atoms with Crippen LogP contribution in [0.5, 0.6) is 0 Å². The van der Waals surface area contributed by atoms with Crippen LogP contribution < -0.4 is 5.32 Å². The topological polar surface area (TPSA) is 45.0 Å². The maximum Gasteiger partial charge on any atom is 0.116 e. The van der Waals surface area contributed by atoms with E-state index in [0.29, 0.717) is 13.2 Å². The Balaban J connectivity index is 1.79. The third kappa shape index (κ3) is 2.90. The van der Waals surface area contributed by atoms with Crippen molar-refractivity contribution in [2.24, 2.45) is 5.41 Å². The van der Waals surface area contributed by atoms with Crippen LogP contribution in [0.15, 0.2) is 18.2 Å². The molecule has 1 fully saturated rings. The Kier molecular flexibility index (Phi) is 4.00. The predicted molar refractivity (Wildman–Crippen MR) is 71.4 cm³/mol. The normalized spacial score (nSPS) is 16.9. The molecule has 0 atom stereocenters. The lowest BCUT2D eigenvalue weighted by Gasteiger charge is -2.35. The van der Waals surface area contributed by atoms with E-state index in [1.807, 2.05) is 0 Å². The molecule has 0 radical (unpaired) electrons. The summed E-state index contributed by atoms with van der Waals surface area (Å²) >= 11 is 0. The summed E-state index contributed by atoms with van der Waals surface area (Å²) in [5, 5.41) is 12.4. The number of nitrogens with one attached hydrogen (secondary N) is 1. The molecule has 0 aliphatic carbocycles. The zero-order valence-electron chi connectivity index (χ0n) is 11.1. The molecule has 1 aromatic rings. The molecule has 0 unspecified atom stereocenters. The van der Waals surface area contributed by atoms with E-state index in [1.165, 1.54) is 16.7 Å². The summed E-state index contributed by atoms with van der Waals surface area (Å²) in [7, 11) is 0. The first-order chi connectivity index (χ1) is 8.65. The highest BCUT2D eigenvalue weighted by Gasteiger charge is 2.38. The van der Waals surface area contributed by atoms with E-state index >= 15 is 0 Å². The first kappa shape index (κ1) is 13.1. The molecule has 0 amide bonds.